The van der Waals surface area contributed by atoms with Crippen LogP contribution in [0.15, 0.2) is 0 Å². The van der Waals surface area contributed by atoms with Gasteiger partial charge in [-0.25, -0.2) is 0 Å². The Morgan fingerprint density at radius 2 is 1.75 bits per heavy atom. The van der Waals surface area contributed by atoms with Crippen LogP contribution < -0.4 is 0 Å². The Morgan fingerprint density at radius 3 is 2.25 bits per heavy atom. The van der Waals surface area contributed by atoms with Gasteiger partial charge in [0, 0.05) is 25.4 Å². The number of hydrogen-bond acceptors (Lipinski definition) is 3. The van der Waals surface area contributed by atoms with Crippen molar-refractivity contribution in [2.75, 3.05) is 39.5 Å². The molecular weight excluding hydrogens is 168 g/mol. The highest BCUT2D eigenvalue weighted by Gasteiger charge is 2.41. The van der Waals surface area contributed by atoms with E-state index in [0.29, 0.717) is 4.87 Å². The molecule has 2 nitrogen and oxygen atoms in total. The summed E-state index contributed by atoms with van der Waals surface area (Å²) < 4.78 is 0. The van der Waals surface area contributed by atoms with Crippen molar-refractivity contribution in [3.05, 3.63) is 0 Å². The van der Waals surface area contributed by atoms with Crippen molar-refractivity contribution in [2.24, 2.45) is 0 Å². The number of piperidine rings is 1. The summed E-state index contributed by atoms with van der Waals surface area (Å²) in [6, 6.07) is 0. The molecule has 2 heterocycles. The fraction of sp³-hybridized carbons (Fsp3) is 1.00. The number of rotatable bonds is 0. The first-order chi connectivity index (χ1) is 5.73. The molecule has 2 rings (SSSR count). The predicted molar refractivity (Wildman–Crippen MR) is 54.6 cm³/mol. The van der Waals surface area contributed by atoms with E-state index in [1.54, 1.807) is 0 Å². The molecule has 2 saturated heterocycles. The normalized spacial score (nSPS) is 31.5. The minimum Gasteiger partial charge on any atom is -0.306 e. The lowest BCUT2D eigenvalue weighted by Crippen LogP contribution is -2.47. The zero-order valence-electron chi connectivity index (χ0n) is 8.05. The van der Waals surface area contributed by atoms with Crippen LogP contribution in [0.4, 0.5) is 0 Å². The molecule has 0 aromatic rings. The quantitative estimate of drug-likeness (QED) is 0.559. The number of hydrogen-bond donors (Lipinski definition) is 0. The van der Waals surface area contributed by atoms with Crippen LogP contribution in [0, 0.1) is 0 Å². The van der Waals surface area contributed by atoms with Gasteiger partial charge in [0.2, 0.25) is 0 Å². The molecular formula is C9H18N2S. The highest BCUT2D eigenvalue weighted by Crippen LogP contribution is 2.42. The van der Waals surface area contributed by atoms with Gasteiger partial charge in [-0.3, -0.25) is 4.90 Å². The molecule has 12 heavy (non-hydrogen) atoms. The van der Waals surface area contributed by atoms with Crippen molar-refractivity contribution in [1.82, 2.24) is 9.80 Å². The van der Waals surface area contributed by atoms with Gasteiger partial charge in [-0.05, 0) is 26.9 Å². The van der Waals surface area contributed by atoms with Gasteiger partial charge in [0.25, 0.3) is 0 Å². The largest absolute Gasteiger partial charge is 0.306 e. The van der Waals surface area contributed by atoms with Gasteiger partial charge in [-0.15, -0.1) is 11.8 Å². The number of likely N-dealkylation sites (tertiary alicyclic amines) is 1. The molecule has 0 saturated carbocycles. The Hall–Kier alpha value is 0.270. The number of nitrogens with zero attached hydrogens (tertiary/aromatic N) is 2. The fourth-order valence-corrected chi connectivity index (χ4v) is 3.71. The van der Waals surface area contributed by atoms with E-state index < -0.39 is 0 Å². The Balaban J connectivity index is 2.02. The molecule has 0 aliphatic carbocycles. The van der Waals surface area contributed by atoms with E-state index in [4.69, 9.17) is 0 Å². The van der Waals surface area contributed by atoms with Gasteiger partial charge in [0.1, 0.15) is 0 Å². The van der Waals surface area contributed by atoms with E-state index in [2.05, 4.69) is 35.7 Å². The molecule has 0 aromatic heterocycles. The van der Waals surface area contributed by atoms with Crippen molar-refractivity contribution < 1.29 is 0 Å². The van der Waals surface area contributed by atoms with E-state index in [9.17, 15) is 0 Å². The molecule has 0 atom stereocenters. The molecule has 0 unspecified atom stereocenters. The summed E-state index contributed by atoms with van der Waals surface area (Å²) >= 11 is 2.18. The second-order valence-electron chi connectivity index (χ2n) is 4.02. The molecule has 0 amide bonds. The molecule has 70 valence electrons. The third-order valence-corrected chi connectivity index (χ3v) is 4.91. The van der Waals surface area contributed by atoms with Gasteiger partial charge >= 0.3 is 0 Å². The Morgan fingerprint density at radius 1 is 1.08 bits per heavy atom. The average Bonchev–Trinajstić information content (AvgIpc) is 2.41. The lowest BCUT2D eigenvalue weighted by Gasteiger charge is -2.41. The lowest BCUT2D eigenvalue weighted by molar-refractivity contribution is 0.135. The molecule has 1 spiro atoms. The van der Waals surface area contributed by atoms with Crippen LogP contribution in [-0.4, -0.2) is 54.2 Å². The third kappa shape index (κ3) is 1.38. The summed E-state index contributed by atoms with van der Waals surface area (Å²) in [5.74, 6) is 1.33. The van der Waals surface area contributed by atoms with Crippen molar-refractivity contribution in [3.63, 3.8) is 0 Å². The van der Waals surface area contributed by atoms with Gasteiger partial charge in [-0.2, -0.15) is 0 Å². The first kappa shape index (κ1) is 8.85. The fourth-order valence-electron chi connectivity index (χ4n) is 2.18. The summed E-state index contributed by atoms with van der Waals surface area (Å²) in [5.41, 5.74) is 0. The minimum atomic E-state index is 0.520. The van der Waals surface area contributed by atoms with Gasteiger partial charge < -0.3 is 4.90 Å². The molecule has 0 radical (unpaired) electrons. The van der Waals surface area contributed by atoms with Crippen molar-refractivity contribution >= 4 is 11.8 Å². The average molecular weight is 186 g/mol. The van der Waals surface area contributed by atoms with Crippen LogP contribution >= 0.6 is 11.8 Å². The molecule has 0 N–H and O–H groups in total. The monoisotopic (exact) mass is 186 g/mol. The maximum Gasteiger partial charge on any atom is 0.0692 e. The highest BCUT2D eigenvalue weighted by atomic mass is 32.2. The second-order valence-corrected chi connectivity index (χ2v) is 5.48. The van der Waals surface area contributed by atoms with E-state index in [1.165, 1.54) is 38.2 Å². The summed E-state index contributed by atoms with van der Waals surface area (Å²) in [5, 5.41) is 0. The van der Waals surface area contributed by atoms with Gasteiger partial charge in [0.15, 0.2) is 0 Å². The van der Waals surface area contributed by atoms with Crippen LogP contribution in [0.2, 0.25) is 0 Å². The van der Waals surface area contributed by atoms with Gasteiger partial charge in [0.05, 0.1) is 4.87 Å². The van der Waals surface area contributed by atoms with Crippen molar-refractivity contribution in [3.8, 4) is 0 Å². The molecule has 2 aliphatic rings. The molecule has 0 bridgehead atoms. The molecule has 0 aromatic carbocycles. The summed E-state index contributed by atoms with van der Waals surface area (Å²) in [4.78, 5) is 5.52. The number of thioether (sulfide) groups is 1. The van der Waals surface area contributed by atoms with E-state index in [-0.39, 0.29) is 0 Å². The SMILES string of the molecule is CN1CCC2(CC1)SCCN2C. The van der Waals surface area contributed by atoms with E-state index in [0.717, 1.165) is 0 Å². The summed E-state index contributed by atoms with van der Waals surface area (Å²) in [6.45, 7) is 3.84. The first-order valence-electron chi connectivity index (χ1n) is 4.77. The van der Waals surface area contributed by atoms with Crippen LogP contribution in [0.1, 0.15) is 12.8 Å². The second kappa shape index (κ2) is 3.20. The molecule has 2 fully saturated rings. The van der Waals surface area contributed by atoms with Gasteiger partial charge in [-0.1, -0.05) is 0 Å². The summed E-state index contributed by atoms with van der Waals surface area (Å²) in [7, 11) is 4.51. The van der Waals surface area contributed by atoms with E-state index >= 15 is 0 Å². The smallest absolute Gasteiger partial charge is 0.0692 e. The Kier molecular flexibility index (Phi) is 2.36. The Labute approximate surface area is 79.3 Å². The van der Waals surface area contributed by atoms with Crippen molar-refractivity contribution in [2.45, 2.75) is 17.7 Å². The van der Waals surface area contributed by atoms with Crippen LogP contribution in [0.3, 0.4) is 0 Å². The first-order valence-corrected chi connectivity index (χ1v) is 5.75. The van der Waals surface area contributed by atoms with Crippen LogP contribution in [0.5, 0.6) is 0 Å². The predicted octanol–water partition coefficient (Wildman–Crippen LogP) is 1.09. The summed E-state index contributed by atoms with van der Waals surface area (Å²) in [6.07, 6.45) is 2.70. The lowest BCUT2D eigenvalue weighted by atomic mass is 10.0. The standard InChI is InChI=1S/C9H18N2S/c1-10-5-3-9(4-6-10)11(2)7-8-12-9/h3-8H2,1-2H3. The topological polar surface area (TPSA) is 6.48 Å². The maximum atomic E-state index is 2.56. The zero-order chi connectivity index (χ0) is 8.60. The van der Waals surface area contributed by atoms with Crippen molar-refractivity contribution in [1.29, 1.82) is 0 Å². The van der Waals surface area contributed by atoms with Crippen LogP contribution in [-0.2, 0) is 0 Å². The minimum absolute atomic E-state index is 0.520. The Bertz CT molecular complexity index is 164. The maximum absolute atomic E-state index is 2.56. The van der Waals surface area contributed by atoms with Crippen LogP contribution in [0.25, 0.3) is 0 Å². The molecule has 2 aliphatic heterocycles. The van der Waals surface area contributed by atoms with E-state index in [1.807, 2.05) is 0 Å². The zero-order valence-corrected chi connectivity index (χ0v) is 8.86. The third-order valence-electron chi connectivity index (χ3n) is 3.26. The molecule has 3 heteroatoms. The highest BCUT2D eigenvalue weighted by molar-refractivity contribution is 8.00.